The lowest BCUT2D eigenvalue weighted by molar-refractivity contribution is 0.365. The highest BCUT2D eigenvalue weighted by Gasteiger charge is 2.25. The maximum atomic E-state index is 15.1. The molecule has 34 heavy (non-hydrogen) atoms. The molecular formula is C31H33F3. The van der Waals surface area contributed by atoms with Crippen molar-refractivity contribution in [3.63, 3.8) is 0 Å². The van der Waals surface area contributed by atoms with Gasteiger partial charge in [0.05, 0.1) is 0 Å². The molecule has 3 aromatic carbocycles. The molecule has 0 N–H and O–H groups in total. The predicted octanol–water partition coefficient (Wildman–Crippen LogP) is 9.27. The van der Waals surface area contributed by atoms with E-state index in [-0.39, 0.29) is 11.7 Å². The number of hydrogen-bond donors (Lipinski definition) is 0. The fourth-order valence-electron chi connectivity index (χ4n) is 5.07. The summed E-state index contributed by atoms with van der Waals surface area (Å²) in [5, 5.41) is 0. The minimum Gasteiger partial charge on any atom is -0.207 e. The third-order valence-corrected chi connectivity index (χ3v) is 7.15. The molecule has 178 valence electrons. The first-order valence-electron chi connectivity index (χ1n) is 12.5. The molecule has 0 saturated heterocycles. The Bertz CT molecular complexity index is 1140. The van der Waals surface area contributed by atoms with Gasteiger partial charge in [0, 0.05) is 5.56 Å². The van der Waals surface area contributed by atoms with Crippen molar-refractivity contribution in [3.05, 3.63) is 100 Å². The average molecular weight is 463 g/mol. The lowest BCUT2D eigenvalue weighted by atomic mass is 9.78. The quantitative estimate of drug-likeness (QED) is 0.328. The van der Waals surface area contributed by atoms with Crippen molar-refractivity contribution in [3.8, 4) is 11.1 Å². The van der Waals surface area contributed by atoms with Crippen LogP contribution in [0.5, 0.6) is 0 Å². The van der Waals surface area contributed by atoms with Crippen molar-refractivity contribution in [2.24, 2.45) is 5.92 Å². The summed E-state index contributed by atoms with van der Waals surface area (Å²) in [6, 6.07) is 16.6. The van der Waals surface area contributed by atoms with Gasteiger partial charge in [0.25, 0.3) is 0 Å². The Morgan fingerprint density at radius 2 is 1.56 bits per heavy atom. The first-order chi connectivity index (χ1) is 16.5. The van der Waals surface area contributed by atoms with Gasteiger partial charge in [0.2, 0.25) is 0 Å². The standard InChI is InChI=1S/C31H33F3/c1-3-5-21-8-14-25(15-9-21)27-18-19-28(31(34)30(27)33)26-16-10-22(11-17-26)6-7-23-12-13-24(4-2)29(32)20-23/h6-9,12-15,18-20,22,26H,3-5,10-11,16-17H2,1-2H3. The first-order valence-corrected chi connectivity index (χ1v) is 12.5. The van der Waals surface area contributed by atoms with Crippen LogP contribution in [-0.2, 0) is 12.8 Å². The molecule has 0 aliphatic heterocycles. The summed E-state index contributed by atoms with van der Waals surface area (Å²) >= 11 is 0. The molecule has 1 aliphatic carbocycles. The van der Waals surface area contributed by atoms with Crippen molar-refractivity contribution >= 4 is 6.08 Å². The normalized spacial score (nSPS) is 18.5. The first kappa shape index (κ1) is 24.3. The zero-order valence-corrected chi connectivity index (χ0v) is 20.1. The topological polar surface area (TPSA) is 0 Å². The van der Waals surface area contributed by atoms with Gasteiger partial charge in [-0.05, 0) is 84.2 Å². The second-order valence-corrected chi connectivity index (χ2v) is 9.45. The van der Waals surface area contributed by atoms with E-state index in [1.165, 1.54) is 5.56 Å². The van der Waals surface area contributed by atoms with Crippen molar-refractivity contribution in [1.29, 1.82) is 0 Å². The molecular weight excluding hydrogens is 429 g/mol. The molecule has 0 amide bonds. The fraction of sp³-hybridized carbons (Fsp3) is 0.355. The fourth-order valence-corrected chi connectivity index (χ4v) is 5.07. The average Bonchev–Trinajstić information content (AvgIpc) is 2.86. The molecule has 1 fully saturated rings. The van der Waals surface area contributed by atoms with Crippen molar-refractivity contribution in [2.75, 3.05) is 0 Å². The minimum absolute atomic E-state index is 0.0291. The Kier molecular flexibility index (Phi) is 7.92. The van der Waals surface area contributed by atoms with Crippen LogP contribution < -0.4 is 0 Å². The van der Waals surface area contributed by atoms with Crippen LogP contribution in [0, 0.1) is 23.4 Å². The van der Waals surface area contributed by atoms with Crippen LogP contribution in [0.3, 0.4) is 0 Å². The molecule has 0 bridgehead atoms. The summed E-state index contributed by atoms with van der Waals surface area (Å²) in [6.07, 6.45) is 10.3. The third-order valence-electron chi connectivity index (χ3n) is 7.15. The summed E-state index contributed by atoms with van der Waals surface area (Å²) in [5.74, 6) is -1.22. The molecule has 0 radical (unpaired) electrons. The van der Waals surface area contributed by atoms with Crippen LogP contribution in [0.4, 0.5) is 13.2 Å². The van der Waals surface area contributed by atoms with E-state index < -0.39 is 11.6 Å². The van der Waals surface area contributed by atoms with Crippen molar-refractivity contribution in [2.45, 2.75) is 64.7 Å². The minimum atomic E-state index is -0.750. The van der Waals surface area contributed by atoms with E-state index in [4.69, 9.17) is 0 Å². The van der Waals surface area contributed by atoms with Gasteiger partial charge in [-0.1, -0.05) is 81.0 Å². The van der Waals surface area contributed by atoms with Crippen LogP contribution in [-0.4, -0.2) is 0 Å². The number of hydrogen-bond acceptors (Lipinski definition) is 0. The second-order valence-electron chi connectivity index (χ2n) is 9.45. The van der Waals surface area contributed by atoms with Crippen LogP contribution in [0.25, 0.3) is 17.2 Å². The second kappa shape index (κ2) is 11.1. The van der Waals surface area contributed by atoms with Gasteiger partial charge < -0.3 is 0 Å². The molecule has 0 spiro atoms. The third kappa shape index (κ3) is 5.46. The summed E-state index contributed by atoms with van der Waals surface area (Å²) in [5.41, 5.74) is 4.32. The highest BCUT2D eigenvalue weighted by Crippen LogP contribution is 2.39. The highest BCUT2D eigenvalue weighted by atomic mass is 19.2. The van der Waals surface area contributed by atoms with E-state index in [1.54, 1.807) is 18.2 Å². The summed E-state index contributed by atoms with van der Waals surface area (Å²) in [4.78, 5) is 0. The number of aryl methyl sites for hydroxylation is 2. The molecule has 1 saturated carbocycles. The van der Waals surface area contributed by atoms with Crippen molar-refractivity contribution < 1.29 is 13.2 Å². The zero-order chi connectivity index (χ0) is 24.1. The van der Waals surface area contributed by atoms with E-state index >= 15 is 8.78 Å². The van der Waals surface area contributed by atoms with Gasteiger partial charge in [-0.2, -0.15) is 0 Å². The summed E-state index contributed by atoms with van der Waals surface area (Å²) in [7, 11) is 0. The lowest BCUT2D eigenvalue weighted by Gasteiger charge is -2.27. The van der Waals surface area contributed by atoms with Gasteiger partial charge in [-0.3, -0.25) is 0 Å². The molecule has 0 unspecified atom stereocenters. The number of halogens is 3. The summed E-state index contributed by atoms with van der Waals surface area (Å²) < 4.78 is 44.1. The van der Waals surface area contributed by atoms with E-state index in [2.05, 4.69) is 13.0 Å². The molecule has 3 aromatic rings. The molecule has 1 aliphatic rings. The van der Waals surface area contributed by atoms with Crippen LogP contribution in [0.15, 0.2) is 60.7 Å². The van der Waals surface area contributed by atoms with Gasteiger partial charge in [-0.25, -0.2) is 13.2 Å². The molecule has 0 nitrogen and oxygen atoms in total. The number of benzene rings is 3. The summed E-state index contributed by atoms with van der Waals surface area (Å²) in [6.45, 7) is 4.07. The Morgan fingerprint density at radius 3 is 2.21 bits per heavy atom. The predicted molar refractivity (Wildman–Crippen MR) is 135 cm³/mol. The maximum absolute atomic E-state index is 15.1. The van der Waals surface area contributed by atoms with Gasteiger partial charge in [0.1, 0.15) is 5.82 Å². The maximum Gasteiger partial charge on any atom is 0.166 e. The van der Waals surface area contributed by atoms with Gasteiger partial charge >= 0.3 is 0 Å². The zero-order valence-electron chi connectivity index (χ0n) is 20.1. The van der Waals surface area contributed by atoms with E-state index in [0.29, 0.717) is 29.0 Å². The molecule has 0 heterocycles. The van der Waals surface area contributed by atoms with E-state index in [1.807, 2.05) is 49.4 Å². The van der Waals surface area contributed by atoms with E-state index in [0.717, 1.165) is 49.7 Å². The molecule has 0 aromatic heterocycles. The highest BCUT2D eigenvalue weighted by molar-refractivity contribution is 5.65. The van der Waals surface area contributed by atoms with Crippen LogP contribution >= 0.6 is 0 Å². The molecule has 0 atom stereocenters. The Morgan fingerprint density at radius 1 is 0.824 bits per heavy atom. The smallest absolute Gasteiger partial charge is 0.166 e. The SMILES string of the molecule is CCCc1ccc(-c2ccc(C3CCC(C=Cc4ccc(CC)c(F)c4)CC3)c(F)c2F)cc1. The number of rotatable bonds is 7. The Labute approximate surface area is 201 Å². The largest absolute Gasteiger partial charge is 0.207 e. The Balaban J connectivity index is 1.41. The molecule has 4 rings (SSSR count). The van der Waals surface area contributed by atoms with Gasteiger partial charge in [-0.15, -0.1) is 0 Å². The van der Waals surface area contributed by atoms with Crippen LogP contribution in [0.1, 0.15) is 74.1 Å². The number of allylic oxidation sites excluding steroid dienone is 1. The Hall–Kier alpha value is -2.81. The van der Waals surface area contributed by atoms with Gasteiger partial charge in [0.15, 0.2) is 11.6 Å². The monoisotopic (exact) mass is 462 g/mol. The van der Waals surface area contributed by atoms with Crippen molar-refractivity contribution in [1.82, 2.24) is 0 Å². The lowest BCUT2D eigenvalue weighted by Crippen LogP contribution is -2.13. The van der Waals surface area contributed by atoms with Crippen LogP contribution in [0.2, 0.25) is 0 Å². The van der Waals surface area contributed by atoms with E-state index in [9.17, 15) is 4.39 Å². The molecule has 3 heteroatoms.